The number of nitrogen functional groups attached to an aromatic ring is 1. The Kier molecular flexibility index (Phi) is 5.52. The monoisotopic (exact) mass is 384 g/mol. The Hall–Kier alpha value is -3.37. The first-order chi connectivity index (χ1) is 12.6. The Balaban J connectivity index is 2.77. The van der Waals surface area contributed by atoms with Gasteiger partial charge in [0.05, 0.1) is 11.0 Å². The maximum Gasteiger partial charge on any atom is 0.433 e. The molecule has 0 fully saturated rings. The number of alkyl halides is 3. The Morgan fingerprint density at radius 2 is 1.96 bits per heavy atom. The lowest BCUT2D eigenvalue weighted by molar-refractivity contribution is -0.383. The van der Waals surface area contributed by atoms with Crippen LogP contribution in [-0.2, 0) is 6.18 Å². The van der Waals surface area contributed by atoms with E-state index in [2.05, 4.69) is 4.98 Å². The van der Waals surface area contributed by atoms with Gasteiger partial charge in [-0.15, -0.1) is 0 Å². The predicted molar refractivity (Wildman–Crippen MR) is 90.3 cm³/mol. The summed E-state index contributed by atoms with van der Waals surface area (Å²) < 4.78 is 39.3. The first-order valence-corrected chi connectivity index (χ1v) is 7.67. The summed E-state index contributed by atoms with van der Waals surface area (Å²) in [5.41, 5.74) is 2.52. The van der Waals surface area contributed by atoms with Crippen LogP contribution >= 0.6 is 0 Å². The standard InChI is InChI=1S/C16H15F3N4O4/c1-2-10(9-6-4-3-5-7-9)22(15(24)25)11-8-12(16(17,18)19)21-14(20)13(11)23(26)27/h3-8,10H,2H2,1H3,(H2,20,21)(H,24,25). The molecule has 0 aliphatic carbocycles. The van der Waals surface area contributed by atoms with Crippen molar-refractivity contribution in [2.45, 2.75) is 25.6 Å². The number of nitrogens with two attached hydrogens (primary N) is 1. The van der Waals surface area contributed by atoms with Crippen LogP contribution in [0.2, 0.25) is 0 Å². The number of pyridine rings is 1. The van der Waals surface area contributed by atoms with E-state index in [0.717, 1.165) is 0 Å². The molecule has 0 saturated heterocycles. The zero-order valence-electron chi connectivity index (χ0n) is 14.0. The van der Waals surface area contributed by atoms with Crippen molar-refractivity contribution in [3.63, 3.8) is 0 Å². The normalized spacial score (nSPS) is 12.4. The summed E-state index contributed by atoms with van der Waals surface area (Å²) in [6.45, 7) is 1.61. The smallest absolute Gasteiger partial charge is 0.433 e. The molecule has 27 heavy (non-hydrogen) atoms. The molecule has 0 aliphatic heterocycles. The van der Waals surface area contributed by atoms with Crippen LogP contribution in [0.3, 0.4) is 0 Å². The number of aromatic nitrogens is 1. The second-order valence-electron chi connectivity index (χ2n) is 5.50. The second kappa shape index (κ2) is 7.48. The number of carbonyl (C=O) groups is 1. The summed E-state index contributed by atoms with van der Waals surface area (Å²) in [4.78, 5) is 25.7. The third-order valence-electron chi connectivity index (χ3n) is 3.82. The first-order valence-electron chi connectivity index (χ1n) is 7.67. The summed E-state index contributed by atoms with van der Waals surface area (Å²) in [6.07, 6.45) is -6.47. The largest absolute Gasteiger partial charge is 0.465 e. The number of carboxylic acid groups (broad SMARTS) is 1. The van der Waals surface area contributed by atoms with Crippen LogP contribution in [0.4, 0.5) is 35.2 Å². The van der Waals surface area contributed by atoms with Crippen LogP contribution in [0.25, 0.3) is 0 Å². The van der Waals surface area contributed by atoms with E-state index in [1.807, 2.05) is 0 Å². The van der Waals surface area contributed by atoms with Gasteiger partial charge in [0, 0.05) is 6.07 Å². The molecule has 3 N–H and O–H groups in total. The molecule has 0 radical (unpaired) electrons. The van der Waals surface area contributed by atoms with Gasteiger partial charge in [-0.2, -0.15) is 13.2 Å². The van der Waals surface area contributed by atoms with Crippen LogP contribution in [0.1, 0.15) is 30.6 Å². The van der Waals surface area contributed by atoms with Gasteiger partial charge < -0.3 is 10.8 Å². The molecule has 2 rings (SSSR count). The van der Waals surface area contributed by atoms with Crippen LogP contribution < -0.4 is 10.6 Å². The molecule has 0 saturated carbocycles. The SMILES string of the molecule is CCC(c1ccccc1)N(C(=O)O)c1cc(C(F)(F)F)nc(N)c1[N+](=O)[O-]. The number of rotatable bonds is 5. The van der Waals surface area contributed by atoms with Gasteiger partial charge in [0.2, 0.25) is 5.82 Å². The zero-order chi connectivity index (χ0) is 20.4. The van der Waals surface area contributed by atoms with E-state index < -0.39 is 46.1 Å². The minimum Gasteiger partial charge on any atom is -0.465 e. The first kappa shape index (κ1) is 19.9. The van der Waals surface area contributed by atoms with Gasteiger partial charge >= 0.3 is 18.0 Å². The maximum absolute atomic E-state index is 13.1. The third kappa shape index (κ3) is 4.07. The fourth-order valence-corrected chi connectivity index (χ4v) is 2.71. The average molecular weight is 384 g/mol. The minimum atomic E-state index is -4.96. The highest BCUT2D eigenvalue weighted by Crippen LogP contribution is 2.42. The Bertz CT molecular complexity index is 859. The van der Waals surface area contributed by atoms with Crippen molar-refractivity contribution in [3.05, 3.63) is 57.8 Å². The molecule has 1 aromatic carbocycles. The van der Waals surface area contributed by atoms with Crippen LogP contribution in [0, 0.1) is 10.1 Å². The lowest BCUT2D eigenvalue weighted by Crippen LogP contribution is -2.34. The number of hydrogen-bond acceptors (Lipinski definition) is 5. The quantitative estimate of drug-likeness (QED) is 0.588. The molecule has 8 nitrogen and oxygen atoms in total. The molecule has 0 bridgehead atoms. The molecule has 11 heteroatoms. The minimum absolute atomic E-state index is 0.150. The fourth-order valence-electron chi connectivity index (χ4n) is 2.71. The van der Waals surface area contributed by atoms with Gasteiger partial charge in [-0.25, -0.2) is 9.78 Å². The van der Waals surface area contributed by atoms with Gasteiger partial charge in [0.1, 0.15) is 11.4 Å². The second-order valence-corrected chi connectivity index (χ2v) is 5.50. The molecular formula is C16H15F3N4O4. The van der Waals surface area contributed by atoms with Crippen LogP contribution in [0.15, 0.2) is 36.4 Å². The number of nitrogens with zero attached hydrogens (tertiary/aromatic N) is 3. The molecule has 1 unspecified atom stereocenters. The van der Waals surface area contributed by atoms with E-state index in [0.29, 0.717) is 16.5 Å². The maximum atomic E-state index is 13.1. The number of anilines is 2. The number of halogens is 3. The Morgan fingerprint density at radius 3 is 2.41 bits per heavy atom. The summed E-state index contributed by atoms with van der Waals surface area (Å²) in [5, 5.41) is 21.0. The van der Waals surface area contributed by atoms with E-state index in [1.54, 1.807) is 37.3 Å². The summed E-state index contributed by atoms with van der Waals surface area (Å²) in [7, 11) is 0. The molecule has 1 atom stereocenters. The number of nitro groups is 1. The van der Waals surface area contributed by atoms with Crippen LogP contribution in [-0.4, -0.2) is 21.1 Å². The molecule has 144 valence electrons. The van der Waals surface area contributed by atoms with Gasteiger partial charge in [0.15, 0.2) is 0 Å². The topological polar surface area (TPSA) is 123 Å². The van der Waals surface area contributed by atoms with E-state index in [-0.39, 0.29) is 6.42 Å². The highest BCUT2D eigenvalue weighted by atomic mass is 19.4. The van der Waals surface area contributed by atoms with Gasteiger partial charge in [0.25, 0.3) is 0 Å². The molecule has 1 amide bonds. The lowest BCUT2D eigenvalue weighted by atomic mass is 10.0. The molecule has 2 aromatic rings. The van der Waals surface area contributed by atoms with Gasteiger partial charge in [-0.1, -0.05) is 37.3 Å². The van der Waals surface area contributed by atoms with E-state index in [1.165, 1.54) is 0 Å². The molecule has 0 aliphatic rings. The van der Waals surface area contributed by atoms with Gasteiger partial charge in [-0.05, 0) is 12.0 Å². The lowest BCUT2D eigenvalue weighted by Gasteiger charge is -2.29. The summed E-state index contributed by atoms with van der Waals surface area (Å²) >= 11 is 0. The van der Waals surface area contributed by atoms with E-state index >= 15 is 0 Å². The van der Waals surface area contributed by atoms with Crippen LogP contribution in [0.5, 0.6) is 0 Å². The van der Waals surface area contributed by atoms with Crippen molar-refractivity contribution in [3.8, 4) is 0 Å². The molecule has 1 aromatic heterocycles. The zero-order valence-corrected chi connectivity index (χ0v) is 14.0. The van der Waals surface area contributed by atoms with Crippen molar-refractivity contribution in [1.82, 2.24) is 4.98 Å². The third-order valence-corrected chi connectivity index (χ3v) is 3.82. The Morgan fingerprint density at radius 1 is 1.37 bits per heavy atom. The number of amides is 1. The van der Waals surface area contributed by atoms with E-state index in [9.17, 15) is 33.2 Å². The van der Waals surface area contributed by atoms with Gasteiger partial charge in [-0.3, -0.25) is 15.0 Å². The molecule has 0 spiro atoms. The van der Waals surface area contributed by atoms with Crippen molar-refractivity contribution in [2.24, 2.45) is 0 Å². The van der Waals surface area contributed by atoms with Crippen molar-refractivity contribution in [2.75, 3.05) is 10.6 Å². The molecular weight excluding hydrogens is 369 g/mol. The highest BCUT2D eigenvalue weighted by molar-refractivity contribution is 5.92. The van der Waals surface area contributed by atoms with E-state index in [4.69, 9.17) is 5.73 Å². The number of hydrogen-bond donors (Lipinski definition) is 2. The van der Waals surface area contributed by atoms with Crippen molar-refractivity contribution in [1.29, 1.82) is 0 Å². The van der Waals surface area contributed by atoms with Crippen molar-refractivity contribution < 1.29 is 28.0 Å². The predicted octanol–water partition coefficient (Wildman–Crippen LogP) is 4.23. The average Bonchev–Trinajstić information content (AvgIpc) is 2.58. The Labute approximate surface area is 151 Å². The number of benzene rings is 1. The highest BCUT2D eigenvalue weighted by Gasteiger charge is 2.39. The van der Waals surface area contributed by atoms with Crippen molar-refractivity contribution >= 4 is 23.3 Å². The summed E-state index contributed by atoms with van der Waals surface area (Å²) in [6, 6.07) is 7.42. The fraction of sp³-hybridized carbons (Fsp3) is 0.250. The molecule has 1 heterocycles. The summed E-state index contributed by atoms with van der Waals surface area (Å²) in [5.74, 6) is -1.01.